The molecule has 1 saturated heterocycles. The number of piperidine rings is 1. The highest BCUT2D eigenvalue weighted by atomic mass is 35.5. The molecule has 1 aliphatic heterocycles. The van der Waals surface area contributed by atoms with Crippen LogP contribution in [-0.4, -0.2) is 43.7 Å². The van der Waals surface area contributed by atoms with Gasteiger partial charge in [0.2, 0.25) is 15.9 Å². The van der Waals surface area contributed by atoms with Gasteiger partial charge in [-0.15, -0.1) is 0 Å². The molecule has 0 atom stereocenters. The van der Waals surface area contributed by atoms with Crippen LogP contribution in [0.25, 0.3) is 0 Å². The number of nitrogens with zero attached hydrogens (tertiary/aromatic N) is 2. The highest BCUT2D eigenvalue weighted by Gasteiger charge is 2.34. The van der Waals surface area contributed by atoms with E-state index in [2.05, 4.69) is 0 Å². The number of amides is 1. The normalized spacial score (nSPS) is 16.1. The van der Waals surface area contributed by atoms with Crippen LogP contribution >= 0.6 is 11.6 Å². The topological polar surface area (TPSA) is 57.7 Å². The van der Waals surface area contributed by atoms with Gasteiger partial charge in [0.05, 0.1) is 0 Å². The van der Waals surface area contributed by atoms with Crippen molar-refractivity contribution in [1.29, 1.82) is 0 Å². The third-order valence-electron chi connectivity index (χ3n) is 5.00. The van der Waals surface area contributed by atoms with Crippen molar-refractivity contribution in [1.82, 2.24) is 9.21 Å². The Morgan fingerprint density at radius 3 is 2.39 bits per heavy atom. The van der Waals surface area contributed by atoms with Gasteiger partial charge in [-0.2, -0.15) is 4.31 Å². The van der Waals surface area contributed by atoms with Crippen LogP contribution in [0, 0.1) is 11.7 Å². The summed E-state index contributed by atoms with van der Waals surface area (Å²) in [6, 6.07) is 12.7. The molecule has 0 radical (unpaired) electrons. The molecule has 0 aromatic heterocycles. The number of carbonyl (C=O) groups excluding carboxylic acids is 1. The Hall–Kier alpha value is -1.96. The minimum Gasteiger partial charge on any atom is -0.341 e. The highest BCUT2D eigenvalue weighted by Crippen LogP contribution is 2.27. The monoisotopic (exact) mass is 424 g/mol. The summed E-state index contributed by atoms with van der Waals surface area (Å²) in [5, 5.41) is 0.605. The standard InChI is InChI=1S/C20H22ClFN2O3S/c1-23(14-16-6-2-3-7-17(16)21)20(25)15-10-12-24(13-11-15)28(26,27)19-9-5-4-8-18(19)22/h2-9,15H,10-14H2,1H3. The van der Waals surface area contributed by atoms with Crippen LogP contribution in [0.15, 0.2) is 53.4 Å². The molecular weight excluding hydrogens is 403 g/mol. The van der Waals surface area contributed by atoms with Crippen molar-refractivity contribution in [3.05, 3.63) is 64.9 Å². The van der Waals surface area contributed by atoms with Crippen LogP contribution < -0.4 is 0 Å². The first-order valence-corrected chi connectivity index (χ1v) is 10.9. The van der Waals surface area contributed by atoms with E-state index in [1.165, 1.54) is 22.5 Å². The van der Waals surface area contributed by atoms with Gasteiger partial charge in [-0.25, -0.2) is 12.8 Å². The van der Waals surface area contributed by atoms with E-state index in [0.717, 1.165) is 11.6 Å². The molecule has 28 heavy (non-hydrogen) atoms. The second-order valence-corrected chi connectivity index (χ2v) is 9.21. The molecule has 0 saturated carbocycles. The maximum Gasteiger partial charge on any atom is 0.245 e. The second-order valence-electron chi connectivity index (χ2n) is 6.89. The Bertz CT molecular complexity index is 959. The fourth-order valence-corrected chi connectivity index (χ4v) is 5.14. The number of benzene rings is 2. The molecule has 1 heterocycles. The van der Waals surface area contributed by atoms with E-state index >= 15 is 0 Å². The van der Waals surface area contributed by atoms with Crippen LogP contribution in [0.5, 0.6) is 0 Å². The fraction of sp³-hybridized carbons (Fsp3) is 0.350. The van der Waals surface area contributed by atoms with Crippen molar-refractivity contribution in [3.63, 3.8) is 0 Å². The lowest BCUT2D eigenvalue weighted by atomic mass is 9.96. The summed E-state index contributed by atoms with van der Waals surface area (Å²) < 4.78 is 40.5. The zero-order valence-corrected chi connectivity index (χ0v) is 17.1. The van der Waals surface area contributed by atoms with Gasteiger partial charge >= 0.3 is 0 Å². The van der Waals surface area contributed by atoms with Gasteiger partial charge < -0.3 is 4.90 Å². The van der Waals surface area contributed by atoms with Crippen molar-refractivity contribution in [2.24, 2.45) is 5.92 Å². The lowest BCUT2D eigenvalue weighted by Gasteiger charge is -2.32. The van der Waals surface area contributed by atoms with Gasteiger partial charge in [0.15, 0.2) is 0 Å². The molecule has 2 aromatic carbocycles. The van der Waals surface area contributed by atoms with Gasteiger partial charge in [0.1, 0.15) is 10.7 Å². The van der Waals surface area contributed by atoms with Crippen LogP contribution in [-0.2, 0) is 21.4 Å². The molecule has 2 aromatic rings. The molecule has 150 valence electrons. The lowest BCUT2D eigenvalue weighted by molar-refractivity contribution is -0.135. The van der Waals surface area contributed by atoms with E-state index in [-0.39, 0.29) is 29.8 Å². The Balaban J connectivity index is 1.62. The predicted octanol–water partition coefficient (Wildman–Crippen LogP) is 3.54. The molecule has 0 unspecified atom stereocenters. The molecule has 1 fully saturated rings. The number of hydrogen-bond acceptors (Lipinski definition) is 3. The molecule has 1 amide bonds. The van der Waals surface area contributed by atoms with E-state index in [4.69, 9.17) is 11.6 Å². The molecule has 5 nitrogen and oxygen atoms in total. The van der Waals surface area contributed by atoms with Gasteiger partial charge in [-0.1, -0.05) is 41.9 Å². The third-order valence-corrected chi connectivity index (χ3v) is 7.30. The quantitative estimate of drug-likeness (QED) is 0.737. The van der Waals surface area contributed by atoms with Gasteiger partial charge in [-0.3, -0.25) is 4.79 Å². The Morgan fingerprint density at radius 1 is 1.14 bits per heavy atom. The largest absolute Gasteiger partial charge is 0.341 e. The van der Waals surface area contributed by atoms with Gasteiger partial charge in [-0.05, 0) is 36.6 Å². The van der Waals surface area contributed by atoms with Crippen molar-refractivity contribution in [2.75, 3.05) is 20.1 Å². The summed E-state index contributed by atoms with van der Waals surface area (Å²) in [7, 11) is -2.18. The molecule has 0 spiro atoms. The van der Waals surface area contributed by atoms with Crippen molar-refractivity contribution in [2.45, 2.75) is 24.3 Å². The van der Waals surface area contributed by atoms with Crippen molar-refractivity contribution in [3.8, 4) is 0 Å². The lowest BCUT2D eigenvalue weighted by Crippen LogP contribution is -2.43. The van der Waals surface area contributed by atoms with E-state index in [9.17, 15) is 17.6 Å². The molecular formula is C20H22ClFN2O3S. The number of sulfonamides is 1. The molecule has 3 rings (SSSR count). The Morgan fingerprint density at radius 2 is 1.75 bits per heavy atom. The van der Waals surface area contributed by atoms with Gasteiger partial charge in [0, 0.05) is 37.6 Å². The van der Waals surface area contributed by atoms with E-state index < -0.39 is 15.8 Å². The summed E-state index contributed by atoms with van der Waals surface area (Å²) >= 11 is 6.16. The van der Waals surface area contributed by atoms with Crippen LogP contribution in [0.2, 0.25) is 5.02 Å². The van der Waals surface area contributed by atoms with Crippen molar-refractivity contribution >= 4 is 27.5 Å². The maximum atomic E-state index is 13.9. The zero-order valence-electron chi connectivity index (χ0n) is 15.5. The predicted molar refractivity (Wildman–Crippen MR) is 106 cm³/mol. The first-order chi connectivity index (χ1) is 13.3. The van der Waals surface area contributed by atoms with Crippen LogP contribution in [0.3, 0.4) is 0 Å². The summed E-state index contributed by atoms with van der Waals surface area (Å²) in [5.74, 6) is -1.07. The number of halogens is 2. The number of carbonyl (C=O) groups is 1. The highest BCUT2D eigenvalue weighted by molar-refractivity contribution is 7.89. The first-order valence-electron chi connectivity index (χ1n) is 9.04. The zero-order chi connectivity index (χ0) is 20.3. The Labute approximate surface area is 169 Å². The summed E-state index contributed by atoms with van der Waals surface area (Å²) in [6.07, 6.45) is 0.804. The third kappa shape index (κ3) is 4.37. The van der Waals surface area contributed by atoms with E-state index in [1.807, 2.05) is 18.2 Å². The van der Waals surface area contributed by atoms with E-state index in [0.29, 0.717) is 24.4 Å². The summed E-state index contributed by atoms with van der Waals surface area (Å²) in [4.78, 5) is 14.0. The number of hydrogen-bond donors (Lipinski definition) is 0. The minimum atomic E-state index is -3.90. The fourth-order valence-electron chi connectivity index (χ4n) is 3.41. The maximum absolute atomic E-state index is 13.9. The van der Waals surface area contributed by atoms with Crippen LogP contribution in [0.1, 0.15) is 18.4 Å². The molecule has 0 aliphatic carbocycles. The summed E-state index contributed by atoms with van der Waals surface area (Å²) in [5.41, 5.74) is 0.861. The molecule has 0 bridgehead atoms. The minimum absolute atomic E-state index is 0.0390. The first kappa shape index (κ1) is 20.8. The average Bonchev–Trinajstić information content (AvgIpc) is 2.69. The molecule has 0 N–H and O–H groups in total. The molecule has 8 heteroatoms. The Kier molecular flexibility index (Phi) is 6.37. The SMILES string of the molecule is CN(Cc1ccccc1Cl)C(=O)C1CCN(S(=O)(=O)c2ccccc2F)CC1. The van der Waals surface area contributed by atoms with Crippen LogP contribution in [0.4, 0.5) is 4.39 Å². The summed E-state index contributed by atoms with van der Waals surface area (Å²) in [6.45, 7) is 0.770. The molecule has 1 aliphatic rings. The van der Waals surface area contributed by atoms with E-state index in [1.54, 1.807) is 18.0 Å². The average molecular weight is 425 g/mol. The number of rotatable bonds is 5. The van der Waals surface area contributed by atoms with Gasteiger partial charge in [0.25, 0.3) is 0 Å². The van der Waals surface area contributed by atoms with Crippen molar-refractivity contribution < 1.29 is 17.6 Å². The smallest absolute Gasteiger partial charge is 0.245 e. The second kappa shape index (κ2) is 8.59.